The molecule has 0 saturated heterocycles. The van der Waals surface area contributed by atoms with Crippen LogP contribution >= 0.6 is 0 Å². The Bertz CT molecular complexity index is 262. The molecule has 0 radical (unpaired) electrons. The monoisotopic (exact) mass is 234 g/mol. The van der Waals surface area contributed by atoms with Crippen LogP contribution in [0.3, 0.4) is 0 Å². The van der Waals surface area contributed by atoms with Gasteiger partial charge in [0.05, 0.1) is 0 Å². The Hall–Kier alpha value is 0. The van der Waals surface area contributed by atoms with Crippen LogP contribution in [0.25, 0.3) is 0 Å². The highest BCUT2D eigenvalue weighted by molar-refractivity contribution is 5.05. The molecule has 98 valence electrons. The van der Waals surface area contributed by atoms with E-state index in [2.05, 4.69) is 27.7 Å². The van der Waals surface area contributed by atoms with Gasteiger partial charge in [-0.1, -0.05) is 40.5 Å². The van der Waals surface area contributed by atoms with Crippen molar-refractivity contribution in [3.8, 4) is 0 Å². The second-order valence-corrected chi connectivity index (χ2v) is 8.20. The molecule has 0 aromatic heterocycles. The summed E-state index contributed by atoms with van der Waals surface area (Å²) in [5.41, 5.74) is 0.638. The van der Waals surface area contributed by atoms with Crippen LogP contribution in [-0.2, 0) is 0 Å². The van der Waals surface area contributed by atoms with Crippen molar-refractivity contribution in [1.29, 1.82) is 0 Å². The molecule has 3 rings (SSSR count). The van der Waals surface area contributed by atoms with Gasteiger partial charge < -0.3 is 0 Å². The van der Waals surface area contributed by atoms with Gasteiger partial charge in [0, 0.05) is 0 Å². The summed E-state index contributed by atoms with van der Waals surface area (Å²) in [7, 11) is 0. The third kappa shape index (κ3) is 1.78. The van der Waals surface area contributed by atoms with E-state index >= 15 is 0 Å². The van der Waals surface area contributed by atoms with Crippen molar-refractivity contribution < 1.29 is 0 Å². The molecule has 0 amide bonds. The highest BCUT2D eigenvalue weighted by atomic mass is 14.6. The van der Waals surface area contributed by atoms with Gasteiger partial charge in [0.2, 0.25) is 0 Å². The molecule has 0 spiro atoms. The molecule has 17 heavy (non-hydrogen) atoms. The highest BCUT2D eigenvalue weighted by Crippen LogP contribution is 2.64. The molecule has 0 N–H and O–H groups in total. The molecular formula is C17H30. The maximum Gasteiger partial charge on any atom is -0.0292 e. The van der Waals surface area contributed by atoms with Gasteiger partial charge in [0.1, 0.15) is 0 Å². The van der Waals surface area contributed by atoms with Crippen molar-refractivity contribution in [2.24, 2.45) is 40.9 Å². The standard InChI is InChI=1S/C17H30/c1-11-5-7-13-14-8-6-12(2)10-16(14)17(3,4)15(13)9-11/h11-16H,5-10H2,1-4H3. The topological polar surface area (TPSA) is 0 Å². The smallest absolute Gasteiger partial charge is 0.0292 e. The molecule has 3 aliphatic carbocycles. The van der Waals surface area contributed by atoms with Crippen LogP contribution in [0.4, 0.5) is 0 Å². The van der Waals surface area contributed by atoms with E-state index in [-0.39, 0.29) is 0 Å². The number of hydrogen-bond acceptors (Lipinski definition) is 0. The maximum absolute atomic E-state index is 2.60. The fraction of sp³-hybridized carbons (Fsp3) is 1.00. The molecular weight excluding hydrogens is 204 g/mol. The van der Waals surface area contributed by atoms with Gasteiger partial charge in [0.25, 0.3) is 0 Å². The van der Waals surface area contributed by atoms with Crippen molar-refractivity contribution in [1.82, 2.24) is 0 Å². The highest BCUT2D eigenvalue weighted by Gasteiger charge is 2.56. The molecule has 6 unspecified atom stereocenters. The van der Waals surface area contributed by atoms with Crippen molar-refractivity contribution in [2.45, 2.75) is 66.2 Å². The summed E-state index contributed by atoms with van der Waals surface area (Å²) in [6.45, 7) is 10.2. The van der Waals surface area contributed by atoms with Crippen LogP contribution in [0.1, 0.15) is 66.2 Å². The Morgan fingerprint density at radius 1 is 0.706 bits per heavy atom. The van der Waals surface area contributed by atoms with Gasteiger partial charge in [-0.2, -0.15) is 0 Å². The summed E-state index contributed by atoms with van der Waals surface area (Å²) in [5.74, 6) is 6.27. The summed E-state index contributed by atoms with van der Waals surface area (Å²) in [4.78, 5) is 0. The van der Waals surface area contributed by atoms with Crippen molar-refractivity contribution >= 4 is 0 Å². The Balaban J connectivity index is 1.88. The minimum Gasteiger partial charge on any atom is -0.0625 e. The first kappa shape index (κ1) is 12.1. The molecule has 3 saturated carbocycles. The summed E-state index contributed by atoms with van der Waals surface area (Å²) in [6, 6.07) is 0. The van der Waals surface area contributed by atoms with Crippen LogP contribution in [-0.4, -0.2) is 0 Å². The van der Waals surface area contributed by atoms with E-state index in [1.165, 1.54) is 25.7 Å². The summed E-state index contributed by atoms with van der Waals surface area (Å²) in [5, 5.41) is 0. The molecule has 3 aliphatic rings. The molecule has 0 bridgehead atoms. The van der Waals surface area contributed by atoms with Gasteiger partial charge in [-0.15, -0.1) is 0 Å². The zero-order valence-electron chi connectivity index (χ0n) is 12.2. The molecule has 0 heterocycles. The fourth-order valence-electron chi connectivity index (χ4n) is 5.82. The molecule has 0 aliphatic heterocycles. The predicted octanol–water partition coefficient (Wildman–Crippen LogP) is 5.13. The van der Waals surface area contributed by atoms with E-state index in [1.807, 2.05) is 0 Å². The largest absolute Gasteiger partial charge is 0.0625 e. The van der Waals surface area contributed by atoms with Gasteiger partial charge >= 0.3 is 0 Å². The molecule has 0 nitrogen and oxygen atoms in total. The van der Waals surface area contributed by atoms with Gasteiger partial charge in [-0.25, -0.2) is 0 Å². The minimum atomic E-state index is 0.638. The Morgan fingerprint density at radius 3 is 1.53 bits per heavy atom. The predicted molar refractivity (Wildman–Crippen MR) is 73.8 cm³/mol. The lowest BCUT2D eigenvalue weighted by molar-refractivity contribution is 0.0970. The summed E-state index contributed by atoms with van der Waals surface area (Å²) < 4.78 is 0. The molecule has 0 heteroatoms. The van der Waals surface area contributed by atoms with Crippen LogP contribution in [0.2, 0.25) is 0 Å². The van der Waals surface area contributed by atoms with Crippen LogP contribution in [0.5, 0.6) is 0 Å². The lowest BCUT2D eigenvalue weighted by atomic mass is 9.65. The van der Waals surface area contributed by atoms with E-state index in [9.17, 15) is 0 Å². The second kappa shape index (κ2) is 4.00. The van der Waals surface area contributed by atoms with Gasteiger partial charge in [0.15, 0.2) is 0 Å². The Kier molecular flexibility index (Phi) is 2.84. The number of hydrogen-bond donors (Lipinski definition) is 0. The maximum atomic E-state index is 2.60. The van der Waals surface area contributed by atoms with E-state index in [0.717, 1.165) is 35.5 Å². The van der Waals surface area contributed by atoms with E-state index in [1.54, 1.807) is 12.8 Å². The SMILES string of the molecule is CC1CCC2C3CCC(C)CC3C(C)(C)C2C1. The quantitative estimate of drug-likeness (QED) is 0.545. The lowest BCUT2D eigenvalue weighted by Crippen LogP contribution is -2.31. The molecule has 0 aromatic rings. The first-order valence-electron chi connectivity index (χ1n) is 8.00. The average molecular weight is 234 g/mol. The van der Waals surface area contributed by atoms with Crippen molar-refractivity contribution in [3.63, 3.8) is 0 Å². The summed E-state index contributed by atoms with van der Waals surface area (Å²) in [6.07, 6.45) is 9.17. The van der Waals surface area contributed by atoms with Crippen LogP contribution in [0, 0.1) is 40.9 Å². The van der Waals surface area contributed by atoms with E-state index in [0.29, 0.717) is 5.41 Å². The summed E-state index contributed by atoms with van der Waals surface area (Å²) >= 11 is 0. The molecule has 6 atom stereocenters. The first-order chi connectivity index (χ1) is 8.00. The second-order valence-electron chi connectivity index (χ2n) is 8.20. The van der Waals surface area contributed by atoms with Crippen molar-refractivity contribution in [3.05, 3.63) is 0 Å². The minimum absolute atomic E-state index is 0.638. The first-order valence-corrected chi connectivity index (χ1v) is 8.00. The number of rotatable bonds is 0. The third-order valence-corrected chi connectivity index (χ3v) is 6.79. The van der Waals surface area contributed by atoms with E-state index in [4.69, 9.17) is 0 Å². The van der Waals surface area contributed by atoms with E-state index < -0.39 is 0 Å². The number of fused-ring (bicyclic) bond motifs is 3. The molecule has 3 fully saturated rings. The average Bonchev–Trinajstić information content (AvgIpc) is 2.49. The van der Waals surface area contributed by atoms with Crippen molar-refractivity contribution in [2.75, 3.05) is 0 Å². The van der Waals surface area contributed by atoms with Gasteiger partial charge in [-0.3, -0.25) is 0 Å². The molecule has 0 aromatic carbocycles. The lowest BCUT2D eigenvalue weighted by Gasteiger charge is -2.40. The zero-order valence-corrected chi connectivity index (χ0v) is 12.2. The normalized spacial score (nSPS) is 52.9. The Morgan fingerprint density at radius 2 is 1.12 bits per heavy atom. The Labute approximate surface area is 108 Å². The van der Waals surface area contributed by atoms with Crippen LogP contribution in [0.15, 0.2) is 0 Å². The zero-order chi connectivity index (χ0) is 12.2. The van der Waals surface area contributed by atoms with Gasteiger partial charge in [-0.05, 0) is 66.6 Å². The van der Waals surface area contributed by atoms with Crippen LogP contribution < -0.4 is 0 Å². The fourth-order valence-corrected chi connectivity index (χ4v) is 5.82. The third-order valence-electron chi connectivity index (χ3n) is 6.79.